The van der Waals surface area contributed by atoms with Crippen LogP contribution < -0.4 is 5.73 Å². The summed E-state index contributed by atoms with van der Waals surface area (Å²) in [6, 6.07) is 5.38. The average Bonchev–Trinajstić information content (AvgIpc) is 2.09. The average molecular weight is 286 g/mol. The summed E-state index contributed by atoms with van der Waals surface area (Å²) in [6.07, 6.45) is 0. The van der Waals surface area contributed by atoms with Gasteiger partial charge in [0.2, 0.25) is 0 Å². The highest BCUT2D eigenvalue weighted by molar-refractivity contribution is 9.10. The smallest absolute Gasteiger partial charge is 0.311 e. The van der Waals surface area contributed by atoms with Crippen molar-refractivity contribution >= 4 is 27.6 Å². The van der Waals surface area contributed by atoms with Gasteiger partial charge in [0, 0.05) is 10.2 Å². The Morgan fingerprint density at radius 3 is 2.44 bits per heavy atom. The first-order chi connectivity index (χ1) is 7.25. The first-order valence-corrected chi connectivity index (χ1v) is 5.81. The van der Waals surface area contributed by atoms with E-state index in [1.54, 1.807) is 18.2 Å². The number of hydrogen-bond acceptors (Lipinski definition) is 2. The van der Waals surface area contributed by atoms with Gasteiger partial charge in [-0.15, -0.1) is 0 Å². The summed E-state index contributed by atoms with van der Waals surface area (Å²) in [5.74, 6) is -1.46. The first-order valence-electron chi connectivity index (χ1n) is 5.02. The van der Waals surface area contributed by atoms with E-state index in [1.807, 2.05) is 20.8 Å². The van der Waals surface area contributed by atoms with Crippen molar-refractivity contribution in [2.24, 2.45) is 5.41 Å². The third kappa shape index (κ3) is 2.55. The monoisotopic (exact) mass is 285 g/mol. The van der Waals surface area contributed by atoms with Crippen molar-refractivity contribution in [1.29, 1.82) is 0 Å². The molecule has 0 aliphatic carbocycles. The molecular formula is C12H16BrNO2. The summed E-state index contributed by atoms with van der Waals surface area (Å²) in [7, 11) is 0. The maximum atomic E-state index is 11.3. The van der Waals surface area contributed by atoms with Gasteiger partial charge in [-0.2, -0.15) is 0 Å². The van der Waals surface area contributed by atoms with Crippen LogP contribution in [-0.2, 0) is 4.79 Å². The quantitative estimate of drug-likeness (QED) is 0.820. The fraction of sp³-hybridized carbons (Fsp3) is 0.417. The molecule has 1 aromatic carbocycles. The van der Waals surface area contributed by atoms with E-state index in [9.17, 15) is 9.90 Å². The van der Waals surface area contributed by atoms with Crippen molar-refractivity contribution < 1.29 is 9.90 Å². The molecule has 1 atom stereocenters. The number of para-hydroxylation sites is 1. The number of carboxylic acid groups (broad SMARTS) is 1. The van der Waals surface area contributed by atoms with E-state index in [-0.39, 0.29) is 5.41 Å². The van der Waals surface area contributed by atoms with Gasteiger partial charge in [0.15, 0.2) is 0 Å². The minimum Gasteiger partial charge on any atom is -0.481 e. The molecule has 1 rings (SSSR count). The highest BCUT2D eigenvalue weighted by Crippen LogP contribution is 2.39. The van der Waals surface area contributed by atoms with Crippen molar-refractivity contribution in [2.75, 3.05) is 5.73 Å². The molecule has 0 amide bonds. The van der Waals surface area contributed by atoms with E-state index in [0.29, 0.717) is 11.3 Å². The van der Waals surface area contributed by atoms with Gasteiger partial charge in [-0.05, 0) is 33.0 Å². The molecule has 3 nitrogen and oxygen atoms in total. The fourth-order valence-corrected chi connectivity index (χ4v) is 2.16. The lowest BCUT2D eigenvalue weighted by Gasteiger charge is -2.28. The van der Waals surface area contributed by atoms with E-state index < -0.39 is 11.9 Å². The Morgan fingerprint density at radius 2 is 2.00 bits per heavy atom. The minimum absolute atomic E-state index is 0.374. The number of aliphatic carboxylic acids is 1. The van der Waals surface area contributed by atoms with Crippen LogP contribution in [0.1, 0.15) is 32.3 Å². The van der Waals surface area contributed by atoms with Crippen molar-refractivity contribution in [1.82, 2.24) is 0 Å². The molecule has 0 aliphatic rings. The third-order valence-corrected chi connectivity index (χ3v) is 3.20. The number of nitrogens with two attached hydrogens (primary N) is 1. The molecule has 0 heterocycles. The molecule has 3 N–H and O–H groups in total. The number of rotatable bonds is 2. The van der Waals surface area contributed by atoms with E-state index in [2.05, 4.69) is 15.9 Å². The molecule has 0 fully saturated rings. The van der Waals surface area contributed by atoms with Gasteiger partial charge >= 0.3 is 5.97 Å². The maximum Gasteiger partial charge on any atom is 0.311 e. The van der Waals surface area contributed by atoms with Crippen molar-refractivity contribution in [3.05, 3.63) is 28.2 Å². The van der Waals surface area contributed by atoms with Crippen LogP contribution in [-0.4, -0.2) is 11.1 Å². The number of carboxylic acids is 1. The predicted molar refractivity (Wildman–Crippen MR) is 68.4 cm³/mol. The summed E-state index contributed by atoms with van der Waals surface area (Å²) >= 11 is 3.31. The number of anilines is 1. The zero-order valence-corrected chi connectivity index (χ0v) is 11.2. The van der Waals surface area contributed by atoms with Crippen molar-refractivity contribution in [2.45, 2.75) is 26.7 Å². The van der Waals surface area contributed by atoms with Crippen molar-refractivity contribution in [3.63, 3.8) is 0 Å². The number of carbonyl (C=O) groups is 1. The summed E-state index contributed by atoms with van der Waals surface area (Å²) in [6.45, 7) is 5.68. The van der Waals surface area contributed by atoms with Crippen LogP contribution in [0.5, 0.6) is 0 Å². The normalized spacial score (nSPS) is 13.5. The minimum atomic E-state index is -0.850. The zero-order chi connectivity index (χ0) is 12.5. The lowest BCUT2D eigenvalue weighted by atomic mass is 9.76. The molecule has 88 valence electrons. The molecule has 0 saturated carbocycles. The number of benzene rings is 1. The van der Waals surface area contributed by atoms with Crippen LogP contribution in [0.25, 0.3) is 0 Å². The van der Waals surface area contributed by atoms with Gasteiger partial charge in [-0.3, -0.25) is 4.79 Å². The summed E-state index contributed by atoms with van der Waals surface area (Å²) in [4.78, 5) is 11.3. The molecule has 0 aliphatic heterocycles. The largest absolute Gasteiger partial charge is 0.481 e. The number of nitrogen functional groups attached to an aromatic ring is 1. The van der Waals surface area contributed by atoms with Crippen LogP contribution in [0.4, 0.5) is 5.69 Å². The van der Waals surface area contributed by atoms with E-state index in [0.717, 1.165) is 4.47 Å². The van der Waals surface area contributed by atoms with Crippen LogP contribution in [0, 0.1) is 5.41 Å². The van der Waals surface area contributed by atoms with E-state index in [4.69, 9.17) is 5.73 Å². The van der Waals surface area contributed by atoms with E-state index in [1.165, 1.54) is 0 Å². The van der Waals surface area contributed by atoms with Crippen LogP contribution >= 0.6 is 15.9 Å². The Bertz CT molecular complexity index is 410. The van der Waals surface area contributed by atoms with Crippen LogP contribution in [0.2, 0.25) is 0 Å². The summed E-state index contributed by atoms with van der Waals surface area (Å²) in [5, 5.41) is 9.31. The molecule has 16 heavy (non-hydrogen) atoms. The van der Waals surface area contributed by atoms with Crippen LogP contribution in [0.15, 0.2) is 22.7 Å². The molecule has 0 saturated heterocycles. The third-order valence-electron chi connectivity index (χ3n) is 2.51. The second-order valence-corrected chi connectivity index (χ2v) is 5.73. The molecule has 0 radical (unpaired) electrons. The lowest BCUT2D eigenvalue weighted by molar-refractivity contribution is -0.141. The SMILES string of the molecule is CC(C)(C)C(C(=O)O)c1cccc(Br)c1N. The standard InChI is InChI=1S/C12H16BrNO2/c1-12(2,3)9(11(15)16)7-5-4-6-8(13)10(7)14/h4-6,9H,14H2,1-3H3,(H,15,16). The maximum absolute atomic E-state index is 11.3. The highest BCUT2D eigenvalue weighted by atomic mass is 79.9. The van der Waals surface area contributed by atoms with Gasteiger partial charge < -0.3 is 10.8 Å². The number of hydrogen-bond donors (Lipinski definition) is 2. The van der Waals surface area contributed by atoms with Crippen LogP contribution in [0.3, 0.4) is 0 Å². The second-order valence-electron chi connectivity index (χ2n) is 4.88. The van der Waals surface area contributed by atoms with Gasteiger partial charge in [-0.1, -0.05) is 32.9 Å². The Hall–Kier alpha value is -1.03. The van der Waals surface area contributed by atoms with Crippen molar-refractivity contribution in [3.8, 4) is 0 Å². The molecule has 1 unspecified atom stereocenters. The molecule has 0 bridgehead atoms. The second kappa shape index (κ2) is 4.45. The molecule has 1 aromatic rings. The van der Waals surface area contributed by atoms with Gasteiger partial charge in [-0.25, -0.2) is 0 Å². The first kappa shape index (κ1) is 13.0. The molecular weight excluding hydrogens is 270 g/mol. The summed E-state index contributed by atoms with van der Waals surface area (Å²) in [5.41, 5.74) is 6.70. The summed E-state index contributed by atoms with van der Waals surface area (Å²) < 4.78 is 0.737. The number of halogens is 1. The highest BCUT2D eigenvalue weighted by Gasteiger charge is 2.34. The molecule has 0 aromatic heterocycles. The predicted octanol–water partition coefficient (Wildman–Crippen LogP) is 3.25. The lowest BCUT2D eigenvalue weighted by Crippen LogP contribution is -2.27. The van der Waals surface area contributed by atoms with E-state index >= 15 is 0 Å². The van der Waals surface area contributed by atoms with Gasteiger partial charge in [0.1, 0.15) is 0 Å². The Kier molecular flexibility index (Phi) is 3.63. The Labute approximate surface area is 104 Å². The topological polar surface area (TPSA) is 63.3 Å². The van der Waals surface area contributed by atoms with Gasteiger partial charge in [0.05, 0.1) is 5.92 Å². The Morgan fingerprint density at radius 1 is 1.44 bits per heavy atom. The molecule has 4 heteroatoms. The fourth-order valence-electron chi connectivity index (χ4n) is 1.78. The Balaban J connectivity index is 3.33. The molecule has 0 spiro atoms. The zero-order valence-electron chi connectivity index (χ0n) is 9.62. The van der Waals surface area contributed by atoms with Gasteiger partial charge in [0.25, 0.3) is 0 Å².